The number of nitrogens with one attached hydrogen (secondary N) is 1. The topological polar surface area (TPSA) is 48.5 Å². The van der Waals surface area contributed by atoms with E-state index >= 15 is 0 Å². The van der Waals surface area contributed by atoms with E-state index in [4.69, 9.17) is 4.98 Å². The summed E-state index contributed by atoms with van der Waals surface area (Å²) in [6, 6.07) is 12.8. The van der Waals surface area contributed by atoms with Crippen LogP contribution in [-0.2, 0) is 19.3 Å². The van der Waals surface area contributed by atoms with Crippen LogP contribution in [0.3, 0.4) is 0 Å². The van der Waals surface area contributed by atoms with Crippen molar-refractivity contribution in [2.75, 3.05) is 44.2 Å². The Morgan fingerprint density at radius 2 is 1.84 bits per heavy atom. The highest BCUT2D eigenvalue weighted by Crippen LogP contribution is 2.30. The van der Waals surface area contributed by atoms with Gasteiger partial charge in [-0.2, -0.15) is 0 Å². The Morgan fingerprint density at radius 1 is 1.03 bits per heavy atom. The van der Waals surface area contributed by atoms with Gasteiger partial charge < -0.3 is 10.2 Å². The number of hydrogen-bond acceptors (Lipinski definition) is 5. The number of nitrogens with zero attached hydrogens (tertiary/aromatic N) is 3. The first-order valence-corrected chi connectivity index (χ1v) is 12.8. The van der Waals surface area contributed by atoms with E-state index in [1.54, 1.807) is 11.3 Å². The molecule has 2 aliphatic rings. The largest absolute Gasteiger partial charge is 0.351 e. The van der Waals surface area contributed by atoms with Crippen LogP contribution in [0.1, 0.15) is 46.8 Å². The first kappa shape index (κ1) is 21.4. The van der Waals surface area contributed by atoms with Crippen LogP contribution >= 0.6 is 11.3 Å². The van der Waals surface area contributed by atoms with Crippen molar-refractivity contribution in [2.24, 2.45) is 0 Å². The van der Waals surface area contributed by atoms with Crippen LogP contribution in [0.4, 0.5) is 5.13 Å². The lowest BCUT2D eigenvalue weighted by Crippen LogP contribution is -2.48. The lowest BCUT2D eigenvalue weighted by Gasteiger charge is -2.34. The van der Waals surface area contributed by atoms with Gasteiger partial charge in [0.1, 0.15) is 0 Å². The number of benzene rings is 2. The fraction of sp³-hybridized carbons (Fsp3) is 0.462. The Bertz CT molecular complexity index is 1100. The van der Waals surface area contributed by atoms with Crippen molar-refractivity contribution in [1.29, 1.82) is 0 Å². The van der Waals surface area contributed by atoms with Crippen LogP contribution in [0.5, 0.6) is 0 Å². The highest BCUT2D eigenvalue weighted by atomic mass is 32.1. The molecule has 1 aliphatic heterocycles. The zero-order valence-corrected chi connectivity index (χ0v) is 19.7. The summed E-state index contributed by atoms with van der Waals surface area (Å²) in [6.45, 7) is 7.76. The Balaban J connectivity index is 1.10. The fourth-order valence-corrected chi connectivity index (χ4v) is 5.86. The predicted molar refractivity (Wildman–Crippen MR) is 133 cm³/mol. The second kappa shape index (κ2) is 9.59. The van der Waals surface area contributed by atoms with Crippen molar-refractivity contribution in [3.8, 4) is 0 Å². The molecule has 32 heavy (non-hydrogen) atoms. The molecule has 3 aromatic rings. The van der Waals surface area contributed by atoms with E-state index in [0.29, 0.717) is 6.54 Å². The van der Waals surface area contributed by atoms with Crippen LogP contribution in [0, 0.1) is 0 Å². The maximum absolute atomic E-state index is 12.6. The Labute approximate surface area is 194 Å². The quantitative estimate of drug-likeness (QED) is 0.611. The SMILES string of the molecule is CCc1ccc2nc(N3CCN(CCNC(=O)c4ccc5c(c4)CCCC5)CC3)sc2c1. The lowest BCUT2D eigenvalue weighted by molar-refractivity contribution is 0.0947. The van der Waals surface area contributed by atoms with Gasteiger partial charge in [-0.15, -0.1) is 0 Å². The molecular weight excluding hydrogens is 416 g/mol. The minimum Gasteiger partial charge on any atom is -0.351 e. The van der Waals surface area contributed by atoms with Gasteiger partial charge in [-0.1, -0.05) is 30.4 Å². The van der Waals surface area contributed by atoms with E-state index in [1.807, 2.05) is 6.07 Å². The molecule has 1 saturated heterocycles. The molecule has 5 rings (SSSR count). The molecule has 1 N–H and O–H groups in total. The molecule has 5 nitrogen and oxygen atoms in total. The van der Waals surface area contributed by atoms with Crippen LogP contribution in [-0.4, -0.2) is 55.1 Å². The summed E-state index contributed by atoms with van der Waals surface area (Å²) in [7, 11) is 0. The molecule has 1 aromatic heterocycles. The number of piperazine rings is 1. The Hall–Kier alpha value is -2.44. The van der Waals surface area contributed by atoms with Crippen LogP contribution in [0.25, 0.3) is 10.2 Å². The first-order valence-electron chi connectivity index (χ1n) is 12.0. The molecule has 2 aromatic carbocycles. The second-order valence-electron chi connectivity index (χ2n) is 8.93. The molecule has 0 radical (unpaired) electrons. The fourth-order valence-electron chi connectivity index (χ4n) is 4.78. The number of fused-ring (bicyclic) bond motifs is 2. The van der Waals surface area contributed by atoms with Gasteiger partial charge in [-0.3, -0.25) is 9.69 Å². The van der Waals surface area contributed by atoms with Crippen LogP contribution in [0.2, 0.25) is 0 Å². The summed E-state index contributed by atoms with van der Waals surface area (Å²) in [5.74, 6) is 0.0536. The molecule has 0 bridgehead atoms. The van der Waals surface area contributed by atoms with E-state index in [-0.39, 0.29) is 5.91 Å². The smallest absolute Gasteiger partial charge is 0.251 e. The number of thiazole rings is 1. The van der Waals surface area contributed by atoms with E-state index in [2.05, 4.69) is 52.4 Å². The zero-order chi connectivity index (χ0) is 21.9. The van der Waals surface area contributed by atoms with Crippen molar-refractivity contribution in [3.05, 3.63) is 58.7 Å². The molecule has 6 heteroatoms. The maximum atomic E-state index is 12.6. The van der Waals surface area contributed by atoms with Crippen molar-refractivity contribution in [1.82, 2.24) is 15.2 Å². The highest BCUT2D eigenvalue weighted by molar-refractivity contribution is 7.22. The molecule has 0 saturated carbocycles. The number of hydrogen-bond donors (Lipinski definition) is 1. The van der Waals surface area contributed by atoms with Crippen molar-refractivity contribution >= 4 is 32.6 Å². The number of anilines is 1. The number of carbonyl (C=O) groups excluding carboxylic acids is 1. The van der Waals surface area contributed by atoms with Gasteiger partial charge in [0.25, 0.3) is 5.91 Å². The van der Waals surface area contributed by atoms with Gasteiger partial charge >= 0.3 is 0 Å². The van der Waals surface area contributed by atoms with Gasteiger partial charge in [0.15, 0.2) is 5.13 Å². The Morgan fingerprint density at radius 3 is 2.66 bits per heavy atom. The van der Waals surface area contributed by atoms with E-state index in [9.17, 15) is 4.79 Å². The second-order valence-corrected chi connectivity index (χ2v) is 9.94. The third-order valence-corrected chi connectivity index (χ3v) is 7.90. The van der Waals surface area contributed by atoms with Gasteiger partial charge in [-0.05, 0) is 73.1 Å². The molecule has 0 unspecified atom stereocenters. The maximum Gasteiger partial charge on any atom is 0.251 e. The molecule has 0 atom stereocenters. The predicted octanol–water partition coefficient (Wildman–Crippen LogP) is 4.29. The molecule has 2 heterocycles. The summed E-state index contributed by atoms with van der Waals surface area (Å²) in [5, 5.41) is 4.25. The highest BCUT2D eigenvalue weighted by Gasteiger charge is 2.20. The lowest BCUT2D eigenvalue weighted by atomic mass is 9.90. The molecule has 1 aliphatic carbocycles. The van der Waals surface area contributed by atoms with E-state index in [0.717, 1.165) is 68.2 Å². The summed E-state index contributed by atoms with van der Waals surface area (Å²) < 4.78 is 1.28. The summed E-state index contributed by atoms with van der Waals surface area (Å²) in [5.41, 5.74) is 6.06. The minimum absolute atomic E-state index is 0.0536. The standard InChI is InChI=1S/C26H32N4OS/c1-2-19-7-10-23-24(17-19)32-26(28-23)30-15-13-29(14-16-30)12-11-27-25(31)22-9-8-20-5-3-4-6-21(20)18-22/h7-10,17-18H,2-6,11-16H2,1H3,(H,27,31). The summed E-state index contributed by atoms with van der Waals surface area (Å²) >= 11 is 1.80. The van der Waals surface area contributed by atoms with Crippen molar-refractivity contribution in [3.63, 3.8) is 0 Å². The molecule has 1 fully saturated rings. The number of carbonyl (C=O) groups is 1. The van der Waals surface area contributed by atoms with E-state index < -0.39 is 0 Å². The molecule has 1 amide bonds. The number of aryl methyl sites for hydroxylation is 3. The zero-order valence-electron chi connectivity index (χ0n) is 18.9. The Kier molecular flexibility index (Phi) is 6.42. The average molecular weight is 449 g/mol. The third-order valence-electron chi connectivity index (χ3n) is 6.82. The van der Waals surface area contributed by atoms with Gasteiger partial charge in [0.2, 0.25) is 0 Å². The van der Waals surface area contributed by atoms with Crippen molar-refractivity contribution < 1.29 is 4.79 Å². The minimum atomic E-state index is 0.0536. The van der Waals surface area contributed by atoms with Gasteiger partial charge in [0.05, 0.1) is 10.2 Å². The average Bonchev–Trinajstić information content (AvgIpc) is 3.27. The van der Waals surface area contributed by atoms with Gasteiger partial charge in [0, 0.05) is 44.8 Å². The van der Waals surface area contributed by atoms with Crippen LogP contribution < -0.4 is 10.2 Å². The molecule has 0 spiro atoms. The van der Waals surface area contributed by atoms with Crippen LogP contribution in [0.15, 0.2) is 36.4 Å². The summed E-state index contributed by atoms with van der Waals surface area (Å²) in [4.78, 5) is 22.3. The molecule has 168 valence electrons. The van der Waals surface area contributed by atoms with Crippen molar-refractivity contribution in [2.45, 2.75) is 39.0 Å². The first-order chi connectivity index (χ1) is 15.7. The summed E-state index contributed by atoms with van der Waals surface area (Å²) in [6.07, 6.45) is 5.82. The third kappa shape index (κ3) is 4.66. The van der Waals surface area contributed by atoms with Gasteiger partial charge in [-0.25, -0.2) is 4.98 Å². The number of amides is 1. The number of aromatic nitrogens is 1. The number of rotatable bonds is 6. The normalized spacial score (nSPS) is 16.8. The molecular formula is C26H32N4OS. The monoisotopic (exact) mass is 448 g/mol. The van der Waals surface area contributed by atoms with E-state index in [1.165, 1.54) is 34.2 Å².